The van der Waals surface area contributed by atoms with Crippen LogP contribution >= 0.6 is 15.9 Å². The van der Waals surface area contributed by atoms with E-state index >= 15 is 0 Å². The minimum atomic E-state index is 0.809. The van der Waals surface area contributed by atoms with E-state index in [9.17, 15) is 0 Å². The van der Waals surface area contributed by atoms with Gasteiger partial charge in [0.05, 0.1) is 0 Å². The number of rotatable bonds is 0. The molecule has 0 spiro atoms. The first-order chi connectivity index (χ1) is 6.89. The summed E-state index contributed by atoms with van der Waals surface area (Å²) in [5, 5.41) is 0. The van der Waals surface area contributed by atoms with Crippen molar-refractivity contribution in [2.75, 3.05) is 0 Å². The summed E-state index contributed by atoms with van der Waals surface area (Å²) in [6.07, 6.45) is 17.5. The largest absolute Gasteiger partial charge is 0.0891 e. The molecule has 1 fully saturated rings. The molecule has 0 radical (unpaired) electrons. The Bertz CT molecular complexity index is 108. The lowest BCUT2D eigenvalue weighted by atomic mass is 10.1. The van der Waals surface area contributed by atoms with Crippen molar-refractivity contribution in [3.05, 3.63) is 0 Å². The van der Waals surface area contributed by atoms with Gasteiger partial charge in [0.1, 0.15) is 0 Å². The third-order valence-corrected chi connectivity index (χ3v) is 4.20. The monoisotopic (exact) mass is 260 g/mol. The fourth-order valence-electron chi connectivity index (χ4n) is 2.29. The predicted octanol–water partition coefficient (Wildman–Crippen LogP) is 5.44. The Morgan fingerprint density at radius 3 is 1.14 bits per heavy atom. The molecule has 0 saturated heterocycles. The minimum absolute atomic E-state index is 0.809. The standard InChI is InChI=1S/C13H25Br/c14-13-11-9-7-5-3-1-2-4-6-8-10-12-13/h13H,1-12H2. The van der Waals surface area contributed by atoms with Crippen molar-refractivity contribution < 1.29 is 0 Å². The quantitative estimate of drug-likeness (QED) is 0.509. The zero-order chi connectivity index (χ0) is 10.1. The lowest BCUT2D eigenvalue weighted by Gasteiger charge is -2.08. The molecule has 0 bridgehead atoms. The first-order valence-electron chi connectivity index (χ1n) is 6.53. The average Bonchev–Trinajstić information content (AvgIpc) is 2.20. The molecule has 1 aliphatic carbocycles. The second-order valence-electron chi connectivity index (χ2n) is 4.71. The third-order valence-electron chi connectivity index (χ3n) is 3.28. The molecular formula is C13H25Br. The second-order valence-corrected chi connectivity index (χ2v) is 6.01. The van der Waals surface area contributed by atoms with Crippen molar-refractivity contribution in [1.29, 1.82) is 0 Å². The van der Waals surface area contributed by atoms with Crippen LogP contribution in [0.3, 0.4) is 0 Å². The first-order valence-corrected chi connectivity index (χ1v) is 7.45. The topological polar surface area (TPSA) is 0 Å². The number of hydrogen-bond donors (Lipinski definition) is 0. The molecule has 1 heteroatoms. The highest BCUT2D eigenvalue weighted by atomic mass is 79.9. The molecule has 0 aliphatic heterocycles. The van der Waals surface area contributed by atoms with Crippen LogP contribution in [0.5, 0.6) is 0 Å². The number of hydrogen-bond acceptors (Lipinski definition) is 0. The molecule has 0 amide bonds. The van der Waals surface area contributed by atoms with Crippen LogP contribution < -0.4 is 0 Å². The maximum absolute atomic E-state index is 3.80. The summed E-state index contributed by atoms with van der Waals surface area (Å²) in [6.45, 7) is 0. The predicted molar refractivity (Wildman–Crippen MR) is 68.1 cm³/mol. The molecule has 0 aromatic rings. The van der Waals surface area contributed by atoms with Crippen molar-refractivity contribution in [2.45, 2.75) is 81.9 Å². The SMILES string of the molecule is BrC1CCCCCCCCCCCC1. The van der Waals surface area contributed by atoms with Crippen LogP contribution in [-0.2, 0) is 0 Å². The van der Waals surface area contributed by atoms with Crippen molar-refractivity contribution in [3.63, 3.8) is 0 Å². The van der Waals surface area contributed by atoms with E-state index in [-0.39, 0.29) is 0 Å². The molecule has 0 atom stereocenters. The zero-order valence-corrected chi connectivity index (χ0v) is 11.0. The lowest BCUT2D eigenvalue weighted by Crippen LogP contribution is -1.97. The molecule has 14 heavy (non-hydrogen) atoms. The maximum atomic E-state index is 3.80. The van der Waals surface area contributed by atoms with Gasteiger partial charge < -0.3 is 0 Å². The van der Waals surface area contributed by atoms with Crippen LogP contribution in [0.2, 0.25) is 0 Å². The molecule has 0 aromatic heterocycles. The zero-order valence-electron chi connectivity index (χ0n) is 9.44. The Kier molecular flexibility index (Phi) is 7.85. The van der Waals surface area contributed by atoms with Gasteiger partial charge in [0.25, 0.3) is 0 Å². The summed E-state index contributed by atoms with van der Waals surface area (Å²) in [5.41, 5.74) is 0. The van der Waals surface area contributed by atoms with Crippen LogP contribution in [0.4, 0.5) is 0 Å². The van der Waals surface area contributed by atoms with Crippen molar-refractivity contribution >= 4 is 15.9 Å². The summed E-state index contributed by atoms with van der Waals surface area (Å²) in [6, 6.07) is 0. The van der Waals surface area contributed by atoms with E-state index in [1.165, 1.54) is 77.0 Å². The fourth-order valence-corrected chi connectivity index (χ4v) is 2.94. The van der Waals surface area contributed by atoms with E-state index < -0.39 is 0 Å². The highest BCUT2D eigenvalue weighted by Gasteiger charge is 2.04. The fraction of sp³-hybridized carbons (Fsp3) is 1.00. The highest BCUT2D eigenvalue weighted by molar-refractivity contribution is 9.09. The van der Waals surface area contributed by atoms with E-state index in [0.29, 0.717) is 0 Å². The van der Waals surface area contributed by atoms with Gasteiger partial charge in [-0.15, -0.1) is 0 Å². The molecular weight excluding hydrogens is 236 g/mol. The minimum Gasteiger partial charge on any atom is -0.0891 e. The van der Waals surface area contributed by atoms with Crippen molar-refractivity contribution in [2.24, 2.45) is 0 Å². The van der Waals surface area contributed by atoms with Crippen molar-refractivity contribution in [3.8, 4) is 0 Å². The first kappa shape index (κ1) is 12.5. The molecule has 0 aromatic carbocycles. The molecule has 0 nitrogen and oxygen atoms in total. The maximum Gasteiger partial charge on any atom is 0.0145 e. The van der Waals surface area contributed by atoms with Gasteiger partial charge in [-0.1, -0.05) is 80.1 Å². The molecule has 1 aliphatic rings. The van der Waals surface area contributed by atoms with E-state index in [2.05, 4.69) is 15.9 Å². The van der Waals surface area contributed by atoms with Gasteiger partial charge in [0.15, 0.2) is 0 Å². The van der Waals surface area contributed by atoms with Gasteiger partial charge >= 0.3 is 0 Å². The van der Waals surface area contributed by atoms with Crippen molar-refractivity contribution in [1.82, 2.24) is 0 Å². The number of halogens is 1. The summed E-state index contributed by atoms with van der Waals surface area (Å²) < 4.78 is 0. The summed E-state index contributed by atoms with van der Waals surface area (Å²) >= 11 is 3.80. The summed E-state index contributed by atoms with van der Waals surface area (Å²) in [7, 11) is 0. The van der Waals surface area contributed by atoms with Gasteiger partial charge in [-0.3, -0.25) is 0 Å². The summed E-state index contributed by atoms with van der Waals surface area (Å²) in [5.74, 6) is 0. The van der Waals surface area contributed by atoms with E-state index in [1.807, 2.05) is 0 Å². The van der Waals surface area contributed by atoms with Crippen LogP contribution in [0.25, 0.3) is 0 Å². The Hall–Kier alpha value is 0.480. The third kappa shape index (κ3) is 6.86. The second kappa shape index (κ2) is 8.76. The smallest absolute Gasteiger partial charge is 0.0145 e. The molecule has 0 unspecified atom stereocenters. The van der Waals surface area contributed by atoms with Crippen LogP contribution in [0, 0.1) is 0 Å². The van der Waals surface area contributed by atoms with Gasteiger partial charge in [-0.2, -0.15) is 0 Å². The Morgan fingerprint density at radius 2 is 0.786 bits per heavy atom. The van der Waals surface area contributed by atoms with Crippen LogP contribution in [0.15, 0.2) is 0 Å². The van der Waals surface area contributed by atoms with Gasteiger partial charge in [0, 0.05) is 4.83 Å². The van der Waals surface area contributed by atoms with E-state index in [4.69, 9.17) is 0 Å². The molecule has 0 N–H and O–H groups in total. The van der Waals surface area contributed by atoms with E-state index in [1.54, 1.807) is 0 Å². The Labute approximate surface area is 98.0 Å². The normalized spacial score (nSPS) is 24.6. The van der Waals surface area contributed by atoms with E-state index in [0.717, 1.165) is 4.83 Å². The average molecular weight is 261 g/mol. The van der Waals surface area contributed by atoms with Crippen LogP contribution in [-0.4, -0.2) is 4.83 Å². The molecule has 84 valence electrons. The molecule has 1 saturated carbocycles. The molecule has 0 heterocycles. The number of alkyl halides is 1. The Balaban J connectivity index is 2.12. The highest BCUT2D eigenvalue weighted by Crippen LogP contribution is 2.20. The van der Waals surface area contributed by atoms with Gasteiger partial charge in [-0.05, 0) is 12.8 Å². The Morgan fingerprint density at radius 1 is 0.500 bits per heavy atom. The molecule has 1 rings (SSSR count). The summed E-state index contributed by atoms with van der Waals surface area (Å²) in [4.78, 5) is 0.809. The van der Waals surface area contributed by atoms with Crippen LogP contribution in [0.1, 0.15) is 77.0 Å². The lowest BCUT2D eigenvalue weighted by molar-refractivity contribution is 0.562. The van der Waals surface area contributed by atoms with Gasteiger partial charge in [-0.25, -0.2) is 0 Å². The van der Waals surface area contributed by atoms with Gasteiger partial charge in [0.2, 0.25) is 0 Å².